The first-order valence-corrected chi connectivity index (χ1v) is 5.83. The average Bonchev–Trinajstić information content (AvgIpc) is 2.36. The summed E-state index contributed by atoms with van der Waals surface area (Å²) in [7, 11) is 0. The van der Waals surface area contributed by atoms with Crippen LogP contribution in [0.3, 0.4) is 0 Å². The van der Waals surface area contributed by atoms with Crippen molar-refractivity contribution in [1.29, 1.82) is 0 Å². The lowest BCUT2D eigenvalue weighted by Gasteiger charge is -2.14. The van der Waals surface area contributed by atoms with Crippen LogP contribution >= 0.6 is 0 Å². The Hall–Kier alpha value is -1.88. The van der Waals surface area contributed by atoms with E-state index in [2.05, 4.69) is 5.32 Å². The zero-order valence-electron chi connectivity index (χ0n) is 10.3. The Morgan fingerprint density at radius 1 is 1.33 bits per heavy atom. The van der Waals surface area contributed by atoms with Crippen LogP contribution in [0, 0.1) is 0 Å². The highest BCUT2D eigenvalue weighted by atomic mass is 16.4. The number of carbonyl (C=O) groups excluding carboxylic acids is 1. The maximum absolute atomic E-state index is 11.6. The lowest BCUT2D eigenvalue weighted by Crippen LogP contribution is -2.47. The summed E-state index contributed by atoms with van der Waals surface area (Å²) in [5.74, 6) is -1.50. The Balaban J connectivity index is 2.39. The lowest BCUT2D eigenvalue weighted by molar-refractivity contribution is -0.141. The van der Waals surface area contributed by atoms with Crippen molar-refractivity contribution in [3.8, 4) is 0 Å². The number of amides is 1. The van der Waals surface area contributed by atoms with Crippen molar-refractivity contribution >= 4 is 11.9 Å². The second-order valence-corrected chi connectivity index (χ2v) is 4.20. The van der Waals surface area contributed by atoms with Crippen LogP contribution in [0.1, 0.15) is 18.9 Å². The molecule has 0 aliphatic heterocycles. The molecule has 5 heteroatoms. The first-order valence-electron chi connectivity index (χ1n) is 5.83. The number of aryl methyl sites for hydroxylation is 1. The van der Waals surface area contributed by atoms with E-state index in [4.69, 9.17) is 10.8 Å². The predicted molar refractivity (Wildman–Crippen MR) is 68.0 cm³/mol. The molecule has 4 N–H and O–H groups in total. The molecule has 1 rings (SSSR count). The normalized spacial score (nSPS) is 13.7. The fraction of sp³-hybridized carbons (Fsp3) is 0.385. The Morgan fingerprint density at radius 2 is 1.94 bits per heavy atom. The van der Waals surface area contributed by atoms with Crippen molar-refractivity contribution < 1.29 is 14.7 Å². The van der Waals surface area contributed by atoms with Gasteiger partial charge in [0.2, 0.25) is 5.91 Å². The van der Waals surface area contributed by atoms with E-state index >= 15 is 0 Å². The largest absolute Gasteiger partial charge is 0.480 e. The summed E-state index contributed by atoms with van der Waals surface area (Å²) in [5, 5.41) is 11.0. The molecule has 0 fully saturated rings. The Labute approximate surface area is 106 Å². The van der Waals surface area contributed by atoms with Crippen LogP contribution in [-0.4, -0.2) is 29.1 Å². The van der Waals surface area contributed by atoms with E-state index in [1.165, 1.54) is 6.92 Å². The van der Waals surface area contributed by atoms with E-state index in [9.17, 15) is 9.59 Å². The van der Waals surface area contributed by atoms with Gasteiger partial charge in [-0.15, -0.1) is 0 Å². The van der Waals surface area contributed by atoms with Crippen molar-refractivity contribution in [3.05, 3.63) is 35.9 Å². The molecule has 0 heterocycles. The summed E-state index contributed by atoms with van der Waals surface area (Å²) >= 11 is 0. The van der Waals surface area contributed by atoms with Crippen LogP contribution in [0.15, 0.2) is 30.3 Å². The molecule has 0 radical (unpaired) electrons. The fourth-order valence-corrected chi connectivity index (χ4v) is 1.48. The number of hydrogen-bond acceptors (Lipinski definition) is 3. The highest BCUT2D eigenvalue weighted by Gasteiger charge is 2.18. The van der Waals surface area contributed by atoms with Crippen LogP contribution in [0.2, 0.25) is 0 Å². The molecule has 0 bridgehead atoms. The van der Waals surface area contributed by atoms with Crippen LogP contribution in [0.25, 0.3) is 0 Å². The van der Waals surface area contributed by atoms with Crippen LogP contribution in [-0.2, 0) is 16.0 Å². The number of rotatable bonds is 6. The summed E-state index contributed by atoms with van der Waals surface area (Å²) in [5.41, 5.74) is 6.81. The van der Waals surface area contributed by atoms with E-state index in [0.717, 1.165) is 5.56 Å². The third-order valence-electron chi connectivity index (χ3n) is 2.65. The molecular weight excluding hydrogens is 232 g/mol. The second kappa shape index (κ2) is 6.76. The zero-order valence-corrected chi connectivity index (χ0v) is 10.3. The molecule has 1 aromatic carbocycles. The number of nitrogens with two attached hydrogens (primary N) is 1. The molecule has 98 valence electrons. The molecular formula is C13H18N2O3. The summed E-state index contributed by atoms with van der Waals surface area (Å²) in [6.45, 7) is 1.41. The number of carbonyl (C=O) groups is 2. The van der Waals surface area contributed by atoms with Gasteiger partial charge in [0.25, 0.3) is 0 Å². The molecule has 0 saturated heterocycles. The van der Waals surface area contributed by atoms with E-state index < -0.39 is 24.0 Å². The number of aliphatic carboxylic acids is 1. The Morgan fingerprint density at radius 3 is 2.50 bits per heavy atom. The minimum absolute atomic E-state index is 0.430. The minimum atomic E-state index is -1.07. The van der Waals surface area contributed by atoms with Crippen molar-refractivity contribution in [3.63, 3.8) is 0 Å². The maximum atomic E-state index is 11.6. The topological polar surface area (TPSA) is 92.4 Å². The molecule has 0 saturated carbocycles. The first kappa shape index (κ1) is 14.2. The predicted octanol–water partition coefficient (Wildman–Crippen LogP) is 0.536. The maximum Gasteiger partial charge on any atom is 0.325 e. The van der Waals surface area contributed by atoms with Crippen LogP contribution < -0.4 is 11.1 Å². The van der Waals surface area contributed by atoms with Gasteiger partial charge in [-0.1, -0.05) is 30.3 Å². The molecule has 0 aliphatic carbocycles. The van der Waals surface area contributed by atoms with Crippen molar-refractivity contribution in [1.82, 2.24) is 5.32 Å². The number of benzene rings is 1. The minimum Gasteiger partial charge on any atom is -0.480 e. The van der Waals surface area contributed by atoms with Gasteiger partial charge in [0.05, 0.1) is 6.04 Å². The molecule has 0 spiro atoms. The van der Waals surface area contributed by atoms with Crippen LogP contribution in [0.5, 0.6) is 0 Å². The molecule has 1 aromatic rings. The summed E-state index contributed by atoms with van der Waals surface area (Å²) in [6, 6.07) is 8.09. The van der Waals surface area contributed by atoms with Gasteiger partial charge in [-0.05, 0) is 25.3 Å². The van der Waals surface area contributed by atoms with Crippen molar-refractivity contribution in [2.75, 3.05) is 0 Å². The number of carboxylic acids is 1. The number of hydrogen-bond donors (Lipinski definition) is 3. The van der Waals surface area contributed by atoms with Gasteiger partial charge >= 0.3 is 5.97 Å². The van der Waals surface area contributed by atoms with Crippen molar-refractivity contribution in [2.24, 2.45) is 5.73 Å². The number of carboxylic acid groups (broad SMARTS) is 1. The molecule has 0 aromatic heterocycles. The third kappa shape index (κ3) is 4.55. The Bertz CT molecular complexity index is 406. The van der Waals surface area contributed by atoms with E-state index in [-0.39, 0.29) is 0 Å². The standard InChI is InChI=1S/C13H18N2O3/c1-9(13(17)18)15-12(16)11(14)8-7-10-5-3-2-4-6-10/h2-6,9,11H,7-8,14H2,1H3,(H,15,16)(H,17,18)/t9-,11?/m1/s1. The Kier molecular flexibility index (Phi) is 5.32. The smallest absolute Gasteiger partial charge is 0.325 e. The second-order valence-electron chi connectivity index (χ2n) is 4.20. The summed E-state index contributed by atoms with van der Waals surface area (Å²) in [4.78, 5) is 22.2. The van der Waals surface area contributed by atoms with Gasteiger partial charge in [0.15, 0.2) is 0 Å². The average molecular weight is 250 g/mol. The molecule has 18 heavy (non-hydrogen) atoms. The van der Waals surface area contributed by atoms with Gasteiger partial charge in [-0.2, -0.15) is 0 Å². The van der Waals surface area contributed by atoms with Gasteiger partial charge in [0.1, 0.15) is 6.04 Å². The number of nitrogens with one attached hydrogen (secondary N) is 1. The van der Waals surface area contributed by atoms with Gasteiger partial charge in [-0.3, -0.25) is 9.59 Å². The zero-order chi connectivity index (χ0) is 13.5. The lowest BCUT2D eigenvalue weighted by atomic mass is 10.1. The monoisotopic (exact) mass is 250 g/mol. The van der Waals surface area contributed by atoms with Crippen LogP contribution in [0.4, 0.5) is 0 Å². The quantitative estimate of drug-likeness (QED) is 0.687. The SMILES string of the molecule is C[C@@H](NC(=O)C(N)CCc1ccccc1)C(=O)O. The van der Waals surface area contributed by atoms with E-state index in [1.54, 1.807) is 0 Å². The molecule has 1 amide bonds. The third-order valence-corrected chi connectivity index (χ3v) is 2.65. The highest BCUT2D eigenvalue weighted by molar-refractivity contribution is 5.86. The van der Waals surface area contributed by atoms with Gasteiger partial charge in [-0.25, -0.2) is 0 Å². The van der Waals surface area contributed by atoms with E-state index in [1.807, 2.05) is 30.3 Å². The van der Waals surface area contributed by atoms with E-state index in [0.29, 0.717) is 12.8 Å². The summed E-state index contributed by atoms with van der Waals surface area (Å²) < 4.78 is 0. The molecule has 1 unspecified atom stereocenters. The molecule has 5 nitrogen and oxygen atoms in total. The van der Waals surface area contributed by atoms with Gasteiger partial charge in [0, 0.05) is 0 Å². The first-order chi connectivity index (χ1) is 8.50. The summed E-state index contributed by atoms with van der Waals surface area (Å²) in [6.07, 6.45) is 1.18. The highest BCUT2D eigenvalue weighted by Crippen LogP contribution is 2.04. The molecule has 0 aliphatic rings. The molecule has 2 atom stereocenters. The van der Waals surface area contributed by atoms with Gasteiger partial charge < -0.3 is 16.2 Å². The van der Waals surface area contributed by atoms with Crippen molar-refractivity contribution in [2.45, 2.75) is 31.8 Å². The fourth-order valence-electron chi connectivity index (χ4n) is 1.48.